The van der Waals surface area contributed by atoms with Gasteiger partial charge in [0, 0.05) is 20.8 Å². The second-order valence-electron chi connectivity index (χ2n) is 6.72. The molecule has 0 aliphatic heterocycles. The third-order valence-corrected chi connectivity index (χ3v) is 6.56. The minimum absolute atomic E-state index is 0.261. The van der Waals surface area contributed by atoms with Gasteiger partial charge in [0.15, 0.2) is 0 Å². The summed E-state index contributed by atoms with van der Waals surface area (Å²) in [5, 5.41) is 9.36. The van der Waals surface area contributed by atoms with E-state index in [4.69, 9.17) is 11.6 Å². The van der Waals surface area contributed by atoms with Gasteiger partial charge in [-0.25, -0.2) is 4.68 Å². The number of halogens is 1. The molecule has 0 saturated carbocycles. The van der Waals surface area contributed by atoms with Gasteiger partial charge in [0.1, 0.15) is 6.04 Å². The Morgan fingerprint density at radius 2 is 1.93 bits per heavy atom. The van der Waals surface area contributed by atoms with Gasteiger partial charge in [0.2, 0.25) is 5.91 Å². The number of hydrogen-bond acceptors (Lipinski definition) is 4. The molecule has 0 fully saturated rings. The predicted octanol–water partition coefficient (Wildman–Crippen LogP) is 5.08. The smallest absolute Gasteiger partial charge is 0.276 e. The first kappa shape index (κ1) is 18.7. The molecule has 1 atom stereocenters. The normalized spacial score (nSPS) is 12.4. The molecule has 4 rings (SSSR count). The van der Waals surface area contributed by atoms with E-state index in [2.05, 4.69) is 10.4 Å². The highest BCUT2D eigenvalue weighted by molar-refractivity contribution is 7.26. The minimum Gasteiger partial charge on any atom is -0.324 e. The molecule has 1 unspecified atom stereocenters. The van der Waals surface area contributed by atoms with E-state index in [1.165, 1.54) is 4.68 Å². The summed E-state index contributed by atoms with van der Waals surface area (Å²) < 4.78 is 3.16. The molecule has 0 radical (unpaired) electrons. The van der Waals surface area contributed by atoms with Gasteiger partial charge < -0.3 is 5.32 Å². The van der Waals surface area contributed by atoms with Crippen LogP contribution in [0.15, 0.2) is 47.3 Å². The van der Waals surface area contributed by atoms with E-state index in [0.29, 0.717) is 16.1 Å². The van der Waals surface area contributed by atoms with E-state index in [9.17, 15) is 9.59 Å². The monoisotopic (exact) mass is 411 g/mol. The van der Waals surface area contributed by atoms with Crippen molar-refractivity contribution in [2.24, 2.45) is 0 Å². The lowest BCUT2D eigenvalue weighted by Gasteiger charge is -2.16. The fourth-order valence-electron chi connectivity index (χ4n) is 3.23. The van der Waals surface area contributed by atoms with Crippen LogP contribution < -0.4 is 10.9 Å². The van der Waals surface area contributed by atoms with Gasteiger partial charge in [-0.3, -0.25) is 9.59 Å². The van der Waals surface area contributed by atoms with E-state index in [0.717, 1.165) is 26.0 Å². The molecular formula is C21H18ClN3O2S. The van der Waals surface area contributed by atoms with Crippen molar-refractivity contribution in [1.82, 2.24) is 9.78 Å². The summed E-state index contributed by atoms with van der Waals surface area (Å²) >= 11 is 7.68. The number of nitrogens with one attached hydrogen (secondary N) is 1. The topological polar surface area (TPSA) is 64.0 Å². The van der Waals surface area contributed by atoms with Crippen molar-refractivity contribution in [2.45, 2.75) is 26.8 Å². The Morgan fingerprint density at radius 1 is 1.18 bits per heavy atom. The van der Waals surface area contributed by atoms with Crippen LogP contribution in [0.4, 0.5) is 5.69 Å². The molecule has 4 aromatic rings. The first-order valence-electron chi connectivity index (χ1n) is 8.85. The molecule has 5 nitrogen and oxygen atoms in total. The SMILES string of the molecule is Cc1c(Cl)cccc1NC(=O)C(C)n1nc(C)c2sc3ccccc3c2c1=O. The summed E-state index contributed by atoms with van der Waals surface area (Å²) in [6, 6.07) is 12.3. The van der Waals surface area contributed by atoms with E-state index in [1.54, 1.807) is 36.5 Å². The number of aromatic nitrogens is 2. The third-order valence-electron chi connectivity index (χ3n) is 4.88. The number of rotatable bonds is 3. The van der Waals surface area contributed by atoms with Crippen molar-refractivity contribution in [2.75, 3.05) is 5.32 Å². The van der Waals surface area contributed by atoms with E-state index in [-0.39, 0.29) is 11.5 Å². The summed E-state index contributed by atoms with van der Waals surface area (Å²) in [4.78, 5) is 26.0. The Hall–Kier alpha value is -2.70. The quantitative estimate of drug-likeness (QED) is 0.511. The Labute approximate surface area is 170 Å². The summed E-state index contributed by atoms with van der Waals surface area (Å²) in [6.45, 7) is 5.36. The van der Waals surface area contributed by atoms with Crippen LogP contribution in [-0.2, 0) is 4.79 Å². The fourth-order valence-corrected chi connectivity index (χ4v) is 4.54. The van der Waals surface area contributed by atoms with E-state index >= 15 is 0 Å². The zero-order valence-corrected chi connectivity index (χ0v) is 17.2. The van der Waals surface area contributed by atoms with Crippen molar-refractivity contribution < 1.29 is 4.79 Å². The highest BCUT2D eigenvalue weighted by atomic mass is 35.5. The maximum Gasteiger partial charge on any atom is 0.276 e. The number of thiophene rings is 1. The predicted molar refractivity (Wildman–Crippen MR) is 116 cm³/mol. The van der Waals surface area contributed by atoms with Gasteiger partial charge in [-0.05, 0) is 44.5 Å². The van der Waals surface area contributed by atoms with Crippen LogP contribution in [-0.4, -0.2) is 15.7 Å². The maximum absolute atomic E-state index is 13.2. The number of anilines is 1. The number of carbonyl (C=O) groups is 1. The average Bonchev–Trinajstić information content (AvgIpc) is 3.08. The standard InChI is InChI=1S/C21H18ClN3O2S/c1-11-15(22)8-6-9-16(11)23-20(26)13(3)25-21(27)18-14-7-4-5-10-17(14)28-19(18)12(2)24-25/h4-10,13H,1-3H3,(H,23,26). The maximum atomic E-state index is 13.2. The first-order chi connectivity index (χ1) is 13.4. The summed E-state index contributed by atoms with van der Waals surface area (Å²) in [7, 11) is 0. The average molecular weight is 412 g/mol. The highest BCUT2D eigenvalue weighted by Gasteiger charge is 2.22. The molecule has 28 heavy (non-hydrogen) atoms. The van der Waals surface area contributed by atoms with Crippen molar-refractivity contribution in [3.63, 3.8) is 0 Å². The number of nitrogens with zero attached hydrogens (tertiary/aromatic N) is 2. The molecule has 2 aromatic carbocycles. The zero-order valence-electron chi connectivity index (χ0n) is 15.6. The highest BCUT2D eigenvalue weighted by Crippen LogP contribution is 2.33. The lowest BCUT2D eigenvalue weighted by Crippen LogP contribution is -2.34. The van der Waals surface area contributed by atoms with Gasteiger partial charge in [0.25, 0.3) is 5.56 Å². The molecule has 142 valence electrons. The molecule has 1 N–H and O–H groups in total. The Morgan fingerprint density at radius 3 is 2.71 bits per heavy atom. The number of fused-ring (bicyclic) bond motifs is 3. The summed E-state index contributed by atoms with van der Waals surface area (Å²) in [6.07, 6.45) is 0. The number of amides is 1. The number of carbonyl (C=O) groups excluding carboxylic acids is 1. The van der Waals surface area contributed by atoms with E-state index < -0.39 is 6.04 Å². The van der Waals surface area contributed by atoms with Crippen LogP contribution in [0.1, 0.15) is 24.2 Å². The van der Waals surface area contributed by atoms with Crippen LogP contribution in [0.25, 0.3) is 20.2 Å². The molecule has 0 aliphatic carbocycles. The summed E-state index contributed by atoms with van der Waals surface area (Å²) in [5.74, 6) is -0.321. The van der Waals surface area contributed by atoms with Crippen LogP contribution in [0.3, 0.4) is 0 Å². The molecule has 0 saturated heterocycles. The fraction of sp³-hybridized carbons (Fsp3) is 0.190. The molecule has 7 heteroatoms. The molecule has 0 bridgehead atoms. The zero-order chi connectivity index (χ0) is 20.0. The van der Waals surface area contributed by atoms with Crippen molar-refractivity contribution in [3.05, 3.63) is 69.1 Å². The van der Waals surface area contributed by atoms with Gasteiger partial charge in [-0.2, -0.15) is 5.10 Å². The largest absolute Gasteiger partial charge is 0.324 e. The molecule has 2 heterocycles. The molecular weight excluding hydrogens is 394 g/mol. The number of benzene rings is 2. The second kappa shape index (κ2) is 7.04. The molecule has 0 spiro atoms. The Bertz CT molecular complexity index is 1290. The lowest BCUT2D eigenvalue weighted by molar-refractivity contribution is -0.119. The van der Waals surface area contributed by atoms with Crippen LogP contribution >= 0.6 is 22.9 Å². The van der Waals surface area contributed by atoms with Crippen molar-refractivity contribution >= 4 is 54.7 Å². The van der Waals surface area contributed by atoms with Crippen LogP contribution in [0.2, 0.25) is 5.02 Å². The molecule has 0 aliphatic rings. The van der Waals surface area contributed by atoms with Gasteiger partial charge in [0.05, 0.1) is 15.8 Å². The number of hydrogen-bond donors (Lipinski definition) is 1. The van der Waals surface area contributed by atoms with Crippen molar-refractivity contribution in [3.8, 4) is 0 Å². The van der Waals surface area contributed by atoms with E-state index in [1.807, 2.05) is 38.1 Å². The van der Waals surface area contributed by atoms with Crippen molar-refractivity contribution in [1.29, 1.82) is 0 Å². The minimum atomic E-state index is -0.771. The summed E-state index contributed by atoms with van der Waals surface area (Å²) in [5.41, 5.74) is 1.87. The van der Waals surface area contributed by atoms with Gasteiger partial charge >= 0.3 is 0 Å². The van der Waals surface area contributed by atoms with Gasteiger partial charge in [-0.15, -0.1) is 11.3 Å². The number of aryl methyl sites for hydroxylation is 1. The van der Waals surface area contributed by atoms with Crippen LogP contribution in [0.5, 0.6) is 0 Å². The third kappa shape index (κ3) is 2.99. The lowest BCUT2D eigenvalue weighted by atomic mass is 10.1. The molecule has 1 amide bonds. The molecule has 2 aromatic heterocycles. The Balaban J connectivity index is 1.79. The second-order valence-corrected chi connectivity index (χ2v) is 8.17. The van der Waals surface area contributed by atoms with Gasteiger partial charge in [-0.1, -0.05) is 35.9 Å². The Kier molecular flexibility index (Phi) is 4.69. The van der Waals surface area contributed by atoms with Crippen LogP contribution in [0, 0.1) is 13.8 Å². The first-order valence-corrected chi connectivity index (χ1v) is 10.0.